The zero-order valence-electron chi connectivity index (χ0n) is 19.2. The Morgan fingerprint density at radius 3 is 2.50 bits per heavy atom. The van der Waals surface area contributed by atoms with Crippen LogP contribution in [0.4, 0.5) is 5.69 Å². The van der Waals surface area contributed by atoms with Crippen LogP contribution in [0.1, 0.15) is 30.8 Å². The van der Waals surface area contributed by atoms with Gasteiger partial charge in [-0.15, -0.1) is 24.0 Å². The molecule has 0 aliphatic carbocycles. The Hall–Kier alpha value is -2.82. The first-order valence-electron chi connectivity index (χ1n) is 10.4. The van der Waals surface area contributed by atoms with E-state index in [1.54, 1.807) is 7.11 Å². The number of pyridine rings is 1. The van der Waals surface area contributed by atoms with Crippen molar-refractivity contribution < 1.29 is 9.47 Å². The van der Waals surface area contributed by atoms with E-state index in [0.717, 1.165) is 35.0 Å². The molecule has 0 saturated heterocycles. The van der Waals surface area contributed by atoms with E-state index in [1.165, 1.54) is 0 Å². The monoisotopic (exact) mass is 550 g/mol. The minimum Gasteiger partial charge on any atom is -0.493 e. The van der Waals surface area contributed by atoms with Crippen molar-refractivity contribution >= 4 is 35.6 Å². The van der Waals surface area contributed by atoms with E-state index in [-0.39, 0.29) is 24.0 Å². The summed E-state index contributed by atoms with van der Waals surface area (Å²) in [6.45, 7) is 9.79. The van der Waals surface area contributed by atoms with E-state index in [2.05, 4.69) is 25.7 Å². The molecule has 3 rings (SSSR count). The maximum atomic E-state index is 5.58. The number of nitrogens with one attached hydrogen (secondary N) is 2. The van der Waals surface area contributed by atoms with Crippen LogP contribution < -0.4 is 20.1 Å². The van der Waals surface area contributed by atoms with Crippen molar-refractivity contribution in [2.24, 2.45) is 4.99 Å². The van der Waals surface area contributed by atoms with E-state index in [9.17, 15) is 0 Å². The van der Waals surface area contributed by atoms with Gasteiger partial charge in [-0.25, -0.2) is 14.7 Å². The van der Waals surface area contributed by atoms with E-state index in [1.807, 2.05) is 75.0 Å². The molecular formula is C23H31IN6O2. The van der Waals surface area contributed by atoms with Gasteiger partial charge in [0, 0.05) is 30.2 Å². The average Bonchev–Trinajstić information content (AvgIpc) is 3.11. The molecule has 2 aromatic heterocycles. The number of hydrogen-bond acceptors (Lipinski definition) is 5. The van der Waals surface area contributed by atoms with Crippen molar-refractivity contribution in [3.05, 3.63) is 59.5 Å². The molecule has 2 heterocycles. The molecule has 2 N–H and O–H groups in total. The Morgan fingerprint density at radius 1 is 1.09 bits per heavy atom. The molecule has 0 bridgehead atoms. The summed E-state index contributed by atoms with van der Waals surface area (Å²) >= 11 is 0. The summed E-state index contributed by atoms with van der Waals surface area (Å²) in [5.41, 5.74) is 3.89. The Kier molecular flexibility index (Phi) is 9.76. The normalized spacial score (nSPS) is 11.0. The number of aliphatic imine (C=N–C) groups is 1. The highest BCUT2D eigenvalue weighted by Crippen LogP contribution is 2.30. The first-order chi connectivity index (χ1) is 15.0. The Morgan fingerprint density at radius 2 is 1.91 bits per heavy atom. The van der Waals surface area contributed by atoms with Gasteiger partial charge in [-0.05, 0) is 57.5 Å². The molecule has 0 aliphatic rings. The Bertz CT molecular complexity index is 1030. The Labute approximate surface area is 206 Å². The van der Waals surface area contributed by atoms with Crippen molar-refractivity contribution in [1.82, 2.24) is 20.1 Å². The standard InChI is InChI=1S/C23H30N6O2.HI/c1-6-24-23(27-19-9-10-20(31-7-2)21(13-19)30-5)26-15-18-8-11-22(25-14-18)29-17(4)12-16(3)28-29;/h8-14H,6-7,15H2,1-5H3,(H2,24,26,27);1H. The highest BCUT2D eigenvalue weighted by Gasteiger charge is 2.08. The molecule has 3 aromatic rings. The lowest BCUT2D eigenvalue weighted by molar-refractivity contribution is 0.311. The van der Waals surface area contributed by atoms with Crippen LogP contribution in [-0.4, -0.2) is 41.0 Å². The third kappa shape index (κ3) is 6.59. The van der Waals surface area contributed by atoms with Crippen molar-refractivity contribution in [3.63, 3.8) is 0 Å². The van der Waals surface area contributed by atoms with Crippen LogP contribution in [-0.2, 0) is 6.54 Å². The predicted molar refractivity (Wildman–Crippen MR) is 139 cm³/mol. The number of aromatic nitrogens is 3. The summed E-state index contributed by atoms with van der Waals surface area (Å²) in [4.78, 5) is 9.22. The fourth-order valence-electron chi connectivity index (χ4n) is 3.13. The largest absolute Gasteiger partial charge is 0.493 e. The molecule has 0 aliphatic heterocycles. The maximum Gasteiger partial charge on any atom is 0.196 e. The van der Waals surface area contributed by atoms with Crippen molar-refractivity contribution in [3.8, 4) is 17.3 Å². The van der Waals surface area contributed by atoms with E-state index in [0.29, 0.717) is 30.6 Å². The SMILES string of the molecule is CCNC(=NCc1ccc(-n2nc(C)cc2C)nc1)Nc1ccc(OCC)c(OC)c1.I. The van der Waals surface area contributed by atoms with Gasteiger partial charge in [0.05, 0.1) is 26.0 Å². The smallest absolute Gasteiger partial charge is 0.196 e. The van der Waals surface area contributed by atoms with Crippen LogP contribution in [0.3, 0.4) is 0 Å². The molecule has 0 fully saturated rings. The number of anilines is 1. The third-order valence-corrected chi connectivity index (χ3v) is 4.53. The predicted octanol–water partition coefficient (Wildman–Crippen LogP) is 4.49. The van der Waals surface area contributed by atoms with Crippen LogP contribution in [0.5, 0.6) is 11.5 Å². The summed E-state index contributed by atoms with van der Waals surface area (Å²) in [6, 6.07) is 11.7. The van der Waals surface area contributed by atoms with Crippen molar-refractivity contribution in [2.45, 2.75) is 34.2 Å². The summed E-state index contributed by atoms with van der Waals surface area (Å²) < 4.78 is 12.8. The molecule has 172 valence electrons. The first kappa shape index (κ1) is 25.4. The highest BCUT2D eigenvalue weighted by molar-refractivity contribution is 14.0. The molecule has 0 radical (unpaired) electrons. The van der Waals surface area contributed by atoms with Gasteiger partial charge >= 0.3 is 0 Å². The summed E-state index contributed by atoms with van der Waals surface area (Å²) in [5.74, 6) is 2.86. The quantitative estimate of drug-likeness (QED) is 0.244. The van der Waals surface area contributed by atoms with E-state index < -0.39 is 0 Å². The number of nitrogens with zero attached hydrogens (tertiary/aromatic N) is 4. The average molecular weight is 550 g/mol. The van der Waals surface area contributed by atoms with Gasteiger partial charge in [0.15, 0.2) is 23.3 Å². The molecule has 0 amide bonds. The minimum atomic E-state index is 0. The second-order valence-corrected chi connectivity index (χ2v) is 6.98. The van der Waals surface area contributed by atoms with Crippen molar-refractivity contribution in [2.75, 3.05) is 25.6 Å². The fraction of sp³-hybridized carbons (Fsp3) is 0.348. The van der Waals surface area contributed by atoms with Gasteiger partial charge in [0.1, 0.15) is 0 Å². The molecule has 8 nitrogen and oxygen atoms in total. The number of hydrogen-bond donors (Lipinski definition) is 2. The molecule has 0 atom stereocenters. The number of methoxy groups -OCH3 is 1. The minimum absolute atomic E-state index is 0. The van der Waals surface area contributed by atoms with E-state index >= 15 is 0 Å². The second kappa shape index (κ2) is 12.3. The molecule has 32 heavy (non-hydrogen) atoms. The lowest BCUT2D eigenvalue weighted by Gasteiger charge is -2.14. The zero-order valence-corrected chi connectivity index (χ0v) is 21.5. The maximum absolute atomic E-state index is 5.58. The molecular weight excluding hydrogens is 519 g/mol. The van der Waals surface area contributed by atoms with Gasteiger partial charge in [-0.1, -0.05) is 6.07 Å². The van der Waals surface area contributed by atoms with Gasteiger partial charge in [-0.3, -0.25) is 0 Å². The number of guanidine groups is 1. The van der Waals surface area contributed by atoms with Crippen molar-refractivity contribution in [1.29, 1.82) is 0 Å². The third-order valence-electron chi connectivity index (χ3n) is 4.53. The summed E-state index contributed by atoms with van der Waals surface area (Å²) in [7, 11) is 1.63. The second-order valence-electron chi connectivity index (χ2n) is 6.98. The fourth-order valence-corrected chi connectivity index (χ4v) is 3.13. The zero-order chi connectivity index (χ0) is 22.2. The molecule has 9 heteroatoms. The van der Waals surface area contributed by atoms with Crippen LogP contribution in [0, 0.1) is 13.8 Å². The van der Waals surface area contributed by atoms with Gasteiger partial charge in [0.25, 0.3) is 0 Å². The van der Waals surface area contributed by atoms with Crippen LogP contribution in [0.25, 0.3) is 5.82 Å². The van der Waals surface area contributed by atoms with Crippen LogP contribution in [0.2, 0.25) is 0 Å². The number of halogens is 1. The summed E-state index contributed by atoms with van der Waals surface area (Å²) in [6.07, 6.45) is 1.83. The lowest BCUT2D eigenvalue weighted by Crippen LogP contribution is -2.30. The summed E-state index contributed by atoms with van der Waals surface area (Å²) in [5, 5.41) is 11.0. The molecule has 0 spiro atoms. The number of aryl methyl sites for hydroxylation is 2. The van der Waals surface area contributed by atoms with Gasteiger partial charge in [-0.2, -0.15) is 5.10 Å². The number of ether oxygens (including phenoxy) is 2. The van der Waals surface area contributed by atoms with Crippen LogP contribution in [0.15, 0.2) is 47.6 Å². The Balaban J connectivity index is 0.00000363. The topological polar surface area (TPSA) is 85.6 Å². The first-order valence-corrected chi connectivity index (χ1v) is 10.4. The van der Waals surface area contributed by atoms with Crippen LogP contribution >= 0.6 is 24.0 Å². The number of benzene rings is 1. The molecule has 0 saturated carbocycles. The van der Waals surface area contributed by atoms with Gasteiger partial charge < -0.3 is 20.1 Å². The van der Waals surface area contributed by atoms with E-state index in [4.69, 9.17) is 9.47 Å². The molecule has 0 unspecified atom stereocenters. The lowest BCUT2D eigenvalue weighted by atomic mass is 10.2. The van der Waals surface area contributed by atoms with Gasteiger partial charge in [0.2, 0.25) is 0 Å². The number of rotatable bonds is 8. The molecule has 1 aromatic carbocycles. The highest BCUT2D eigenvalue weighted by atomic mass is 127.